The second kappa shape index (κ2) is 6.50. The van der Waals surface area contributed by atoms with Crippen LogP contribution in [0.25, 0.3) is 6.08 Å². The number of carbonyl (C=O) groups is 1. The van der Waals surface area contributed by atoms with Crippen molar-refractivity contribution < 1.29 is 9.90 Å². The molecule has 1 aromatic heterocycles. The van der Waals surface area contributed by atoms with Gasteiger partial charge in [0.2, 0.25) is 5.91 Å². The van der Waals surface area contributed by atoms with Crippen molar-refractivity contribution in [3.8, 4) is 0 Å². The summed E-state index contributed by atoms with van der Waals surface area (Å²) >= 11 is 4.99. The normalized spacial score (nSPS) is 17.6. The summed E-state index contributed by atoms with van der Waals surface area (Å²) in [5.41, 5.74) is 0. The number of halogens is 1. The van der Waals surface area contributed by atoms with E-state index in [-0.39, 0.29) is 12.5 Å². The van der Waals surface area contributed by atoms with Crippen LogP contribution in [0.4, 0.5) is 0 Å². The van der Waals surface area contributed by atoms with E-state index in [2.05, 4.69) is 15.9 Å². The number of aliphatic hydroxyl groups excluding tert-OH is 1. The second-order valence-corrected chi connectivity index (χ2v) is 6.31. The van der Waals surface area contributed by atoms with Crippen LogP contribution in [0.15, 0.2) is 22.0 Å². The molecule has 98 valence electrons. The number of hydrogen-bond acceptors (Lipinski definition) is 3. The van der Waals surface area contributed by atoms with Crippen molar-refractivity contribution in [2.45, 2.75) is 12.8 Å². The highest BCUT2D eigenvalue weighted by molar-refractivity contribution is 9.10. The molecule has 2 rings (SSSR count). The number of likely N-dealkylation sites (tertiary alicyclic amines) is 1. The number of amides is 1. The van der Waals surface area contributed by atoms with E-state index in [1.165, 1.54) is 0 Å². The molecule has 5 heteroatoms. The largest absolute Gasteiger partial charge is 0.396 e. The fraction of sp³-hybridized carbons (Fsp3) is 0.462. The smallest absolute Gasteiger partial charge is 0.246 e. The molecule has 0 aliphatic carbocycles. The molecule has 1 N–H and O–H groups in total. The average Bonchev–Trinajstić information content (AvgIpc) is 2.82. The summed E-state index contributed by atoms with van der Waals surface area (Å²) in [4.78, 5) is 14.9. The van der Waals surface area contributed by atoms with Crippen LogP contribution in [0.5, 0.6) is 0 Å². The number of thiophene rings is 1. The third kappa shape index (κ3) is 3.67. The Kier molecular flexibility index (Phi) is 4.97. The first-order valence-corrected chi connectivity index (χ1v) is 7.68. The maximum Gasteiger partial charge on any atom is 0.246 e. The molecular weight excluding hydrogens is 314 g/mol. The summed E-state index contributed by atoms with van der Waals surface area (Å²) in [6, 6.07) is 1.99. The Labute approximate surface area is 119 Å². The van der Waals surface area contributed by atoms with Crippen molar-refractivity contribution in [1.82, 2.24) is 4.90 Å². The van der Waals surface area contributed by atoms with E-state index in [0.29, 0.717) is 5.92 Å². The molecule has 1 aliphatic rings. The lowest BCUT2D eigenvalue weighted by Gasteiger charge is -2.30. The van der Waals surface area contributed by atoms with Crippen molar-refractivity contribution in [3.63, 3.8) is 0 Å². The highest BCUT2D eigenvalue weighted by Gasteiger charge is 2.20. The average molecular weight is 330 g/mol. The Hall–Kier alpha value is -0.650. The number of aliphatic hydroxyl groups is 1. The zero-order chi connectivity index (χ0) is 13.0. The first-order chi connectivity index (χ1) is 8.69. The summed E-state index contributed by atoms with van der Waals surface area (Å²) in [5, 5.41) is 11.0. The molecule has 0 saturated carbocycles. The molecule has 0 unspecified atom stereocenters. The molecular formula is C13H16BrNO2S. The van der Waals surface area contributed by atoms with Gasteiger partial charge in [0.05, 0.1) is 0 Å². The van der Waals surface area contributed by atoms with Crippen LogP contribution in [-0.4, -0.2) is 35.6 Å². The number of carbonyl (C=O) groups excluding carboxylic acids is 1. The van der Waals surface area contributed by atoms with Crippen LogP contribution in [-0.2, 0) is 4.79 Å². The van der Waals surface area contributed by atoms with E-state index >= 15 is 0 Å². The predicted octanol–water partition coefficient (Wildman–Crippen LogP) is 2.75. The fourth-order valence-electron chi connectivity index (χ4n) is 2.01. The van der Waals surface area contributed by atoms with E-state index in [0.717, 1.165) is 35.3 Å². The van der Waals surface area contributed by atoms with Gasteiger partial charge in [-0.05, 0) is 46.8 Å². The predicted molar refractivity (Wildman–Crippen MR) is 77.4 cm³/mol. The van der Waals surface area contributed by atoms with Gasteiger partial charge in [0.15, 0.2) is 0 Å². The highest BCUT2D eigenvalue weighted by Crippen LogP contribution is 2.21. The molecule has 0 aromatic carbocycles. The molecule has 18 heavy (non-hydrogen) atoms. The van der Waals surface area contributed by atoms with Gasteiger partial charge in [0.1, 0.15) is 0 Å². The quantitative estimate of drug-likeness (QED) is 0.866. The minimum Gasteiger partial charge on any atom is -0.396 e. The molecule has 1 aromatic rings. The molecule has 0 atom stereocenters. The first-order valence-electron chi connectivity index (χ1n) is 6.01. The van der Waals surface area contributed by atoms with Gasteiger partial charge >= 0.3 is 0 Å². The first kappa shape index (κ1) is 13.8. The molecule has 1 saturated heterocycles. The van der Waals surface area contributed by atoms with E-state index in [1.807, 2.05) is 22.4 Å². The van der Waals surface area contributed by atoms with Crippen LogP contribution in [0.1, 0.15) is 17.7 Å². The van der Waals surface area contributed by atoms with Crippen LogP contribution in [0, 0.1) is 5.92 Å². The van der Waals surface area contributed by atoms with Crippen LogP contribution in [0.3, 0.4) is 0 Å². The standard InChI is InChI=1S/C13H16BrNO2S/c14-11-7-12(18-9-11)1-2-13(17)15-5-3-10(8-16)4-6-15/h1-2,7,9-10,16H,3-6,8H2/b2-1+. The van der Waals surface area contributed by atoms with Gasteiger partial charge in [-0.15, -0.1) is 11.3 Å². The molecule has 3 nitrogen and oxygen atoms in total. The van der Waals surface area contributed by atoms with Gasteiger partial charge in [-0.3, -0.25) is 4.79 Å². The maximum absolute atomic E-state index is 11.9. The number of nitrogens with zero attached hydrogens (tertiary/aromatic N) is 1. The van der Waals surface area contributed by atoms with Crippen molar-refractivity contribution in [3.05, 3.63) is 26.9 Å². The highest BCUT2D eigenvalue weighted by atomic mass is 79.9. The molecule has 0 radical (unpaired) electrons. The summed E-state index contributed by atoms with van der Waals surface area (Å²) in [6.45, 7) is 1.74. The molecule has 1 fully saturated rings. The third-order valence-corrected chi connectivity index (χ3v) is 4.82. The Morgan fingerprint density at radius 2 is 2.28 bits per heavy atom. The van der Waals surface area contributed by atoms with Crippen LogP contribution >= 0.6 is 27.3 Å². The Morgan fingerprint density at radius 3 is 2.83 bits per heavy atom. The van der Waals surface area contributed by atoms with E-state index in [1.54, 1.807) is 17.4 Å². The summed E-state index contributed by atoms with van der Waals surface area (Å²) < 4.78 is 1.04. The molecule has 0 spiro atoms. The second-order valence-electron chi connectivity index (χ2n) is 4.45. The molecule has 2 heterocycles. The number of piperidine rings is 1. The Balaban J connectivity index is 1.87. The number of hydrogen-bond donors (Lipinski definition) is 1. The lowest BCUT2D eigenvalue weighted by molar-refractivity contribution is -0.127. The fourth-order valence-corrected chi connectivity index (χ4v) is 3.35. The number of rotatable bonds is 3. The van der Waals surface area contributed by atoms with Gasteiger partial charge < -0.3 is 10.0 Å². The summed E-state index contributed by atoms with van der Waals surface area (Å²) in [6.07, 6.45) is 5.30. The van der Waals surface area contributed by atoms with Gasteiger partial charge in [0.25, 0.3) is 0 Å². The van der Waals surface area contributed by atoms with Gasteiger partial charge in [-0.25, -0.2) is 0 Å². The van der Waals surface area contributed by atoms with Crippen LogP contribution < -0.4 is 0 Å². The van der Waals surface area contributed by atoms with Gasteiger partial charge in [-0.2, -0.15) is 0 Å². The Morgan fingerprint density at radius 1 is 1.56 bits per heavy atom. The summed E-state index contributed by atoms with van der Waals surface area (Å²) in [7, 11) is 0. The zero-order valence-electron chi connectivity index (χ0n) is 10.0. The monoisotopic (exact) mass is 329 g/mol. The van der Waals surface area contributed by atoms with Gasteiger partial charge in [-0.1, -0.05) is 0 Å². The van der Waals surface area contributed by atoms with Crippen molar-refractivity contribution in [1.29, 1.82) is 0 Å². The Bertz CT molecular complexity index is 436. The minimum absolute atomic E-state index is 0.0657. The molecule has 1 aliphatic heterocycles. The lowest BCUT2D eigenvalue weighted by Crippen LogP contribution is -2.38. The van der Waals surface area contributed by atoms with Crippen molar-refractivity contribution in [2.75, 3.05) is 19.7 Å². The minimum atomic E-state index is 0.0657. The maximum atomic E-state index is 11.9. The SMILES string of the molecule is O=C(/C=C/c1cc(Br)cs1)N1CCC(CO)CC1. The zero-order valence-corrected chi connectivity index (χ0v) is 12.4. The van der Waals surface area contributed by atoms with E-state index in [4.69, 9.17) is 5.11 Å². The molecule has 0 bridgehead atoms. The van der Waals surface area contributed by atoms with Crippen molar-refractivity contribution in [2.24, 2.45) is 5.92 Å². The molecule has 1 amide bonds. The van der Waals surface area contributed by atoms with E-state index in [9.17, 15) is 4.79 Å². The third-order valence-electron chi connectivity index (χ3n) is 3.16. The van der Waals surface area contributed by atoms with Crippen molar-refractivity contribution >= 4 is 39.2 Å². The topological polar surface area (TPSA) is 40.5 Å². The van der Waals surface area contributed by atoms with Gasteiger partial charge in [0, 0.05) is 40.5 Å². The van der Waals surface area contributed by atoms with Crippen LogP contribution in [0.2, 0.25) is 0 Å². The van der Waals surface area contributed by atoms with E-state index < -0.39 is 0 Å². The lowest BCUT2D eigenvalue weighted by atomic mass is 9.98. The summed E-state index contributed by atoms with van der Waals surface area (Å²) in [5.74, 6) is 0.433.